The van der Waals surface area contributed by atoms with Crippen LogP contribution in [0, 0.1) is 5.82 Å². The number of amides is 1. The zero-order valence-corrected chi connectivity index (χ0v) is 17.6. The lowest BCUT2D eigenvalue weighted by Crippen LogP contribution is -2.37. The number of nitrogens with zero attached hydrogens (tertiary/aromatic N) is 1. The van der Waals surface area contributed by atoms with Gasteiger partial charge in [0.2, 0.25) is 5.91 Å². The minimum absolute atomic E-state index is 0.104. The molecule has 0 bridgehead atoms. The molecule has 1 unspecified atom stereocenters. The monoisotopic (exact) mass is 417 g/mol. The summed E-state index contributed by atoms with van der Waals surface area (Å²) in [6.45, 7) is 4.39. The molecule has 0 aliphatic heterocycles. The highest BCUT2D eigenvalue weighted by atomic mass is 32.1. The second-order valence-electron chi connectivity index (χ2n) is 6.72. The molecule has 7 heteroatoms. The number of carbonyl (C=O) groups is 1. The number of nitrogens with two attached hydrogens (primary N) is 1. The Morgan fingerprint density at radius 3 is 2.62 bits per heavy atom. The van der Waals surface area contributed by atoms with Gasteiger partial charge in [-0.2, -0.15) is 0 Å². The maximum Gasteiger partial charge on any atom is 0.225 e. The summed E-state index contributed by atoms with van der Waals surface area (Å²) in [5.41, 5.74) is 8.60. The van der Waals surface area contributed by atoms with Gasteiger partial charge in [0.1, 0.15) is 10.8 Å². The van der Waals surface area contributed by atoms with Gasteiger partial charge in [-0.15, -0.1) is 0 Å². The van der Waals surface area contributed by atoms with Gasteiger partial charge in [-0.25, -0.2) is 4.39 Å². The number of likely N-dealkylation sites (N-methyl/N-ethyl adjacent to an activating group) is 1. The number of aliphatic hydroxyl groups excluding tert-OH is 1. The van der Waals surface area contributed by atoms with Gasteiger partial charge in [0, 0.05) is 24.3 Å². The first kappa shape index (κ1) is 22.8. The van der Waals surface area contributed by atoms with Crippen LogP contribution < -0.4 is 11.1 Å². The van der Waals surface area contributed by atoms with Crippen molar-refractivity contribution in [2.45, 2.75) is 32.7 Å². The van der Waals surface area contributed by atoms with Crippen molar-refractivity contribution < 1.29 is 14.3 Å². The molecule has 1 amide bonds. The van der Waals surface area contributed by atoms with Crippen LogP contribution in [0.15, 0.2) is 42.5 Å². The van der Waals surface area contributed by atoms with E-state index in [0.29, 0.717) is 34.8 Å². The molecule has 0 heterocycles. The number of anilines is 1. The molecule has 5 nitrogen and oxygen atoms in total. The van der Waals surface area contributed by atoms with Gasteiger partial charge in [-0.3, -0.25) is 4.79 Å². The van der Waals surface area contributed by atoms with Gasteiger partial charge in [0.15, 0.2) is 0 Å². The maximum absolute atomic E-state index is 14.0. The summed E-state index contributed by atoms with van der Waals surface area (Å²) in [6, 6.07) is 11.6. The predicted molar refractivity (Wildman–Crippen MR) is 118 cm³/mol. The van der Waals surface area contributed by atoms with E-state index < -0.39 is 6.04 Å². The van der Waals surface area contributed by atoms with Crippen LogP contribution in [0.2, 0.25) is 0 Å². The first-order valence-corrected chi connectivity index (χ1v) is 10.1. The summed E-state index contributed by atoms with van der Waals surface area (Å²) in [6.07, 6.45) is 0.664. The highest BCUT2D eigenvalue weighted by molar-refractivity contribution is 7.80. The zero-order valence-electron chi connectivity index (χ0n) is 16.8. The van der Waals surface area contributed by atoms with Crippen LogP contribution in [0.5, 0.6) is 0 Å². The molecule has 29 heavy (non-hydrogen) atoms. The number of hydrogen-bond acceptors (Lipinski definition) is 4. The first-order chi connectivity index (χ1) is 13.9. The molecule has 0 fully saturated rings. The molecule has 4 N–H and O–H groups in total. The molecule has 0 spiro atoms. The van der Waals surface area contributed by atoms with E-state index in [0.717, 1.165) is 5.56 Å². The molecule has 2 aromatic rings. The standard InChI is InChI=1S/C22H28FN3O2S/c1-3-15-13-16(9-10-18(15)23)20(14-21(28)26(4-2)11-12-27)25-22(29)17-7-5-6-8-19(17)24/h5-10,13,20,27H,3-4,11-12,14,24H2,1-2H3,(H,25,29). The number of nitrogens with one attached hydrogen (secondary N) is 1. The number of nitrogen functional groups attached to an aromatic ring is 1. The number of rotatable bonds is 9. The van der Waals surface area contributed by atoms with E-state index in [-0.39, 0.29) is 31.3 Å². The topological polar surface area (TPSA) is 78.6 Å². The summed E-state index contributed by atoms with van der Waals surface area (Å²) >= 11 is 5.54. The molecule has 0 aromatic heterocycles. The Hall–Kier alpha value is -2.51. The number of aryl methyl sites for hydroxylation is 1. The largest absolute Gasteiger partial charge is 0.398 e. The minimum Gasteiger partial charge on any atom is -0.398 e. The smallest absolute Gasteiger partial charge is 0.225 e. The summed E-state index contributed by atoms with van der Waals surface area (Å²) < 4.78 is 14.0. The molecule has 0 saturated carbocycles. The number of aliphatic hydroxyl groups is 1. The van der Waals surface area contributed by atoms with Crippen molar-refractivity contribution in [3.63, 3.8) is 0 Å². The Morgan fingerprint density at radius 2 is 2.00 bits per heavy atom. The average molecular weight is 418 g/mol. The Labute approximate surface area is 176 Å². The van der Waals surface area contributed by atoms with Crippen LogP contribution in [0.25, 0.3) is 0 Å². The molecule has 0 saturated heterocycles. The van der Waals surface area contributed by atoms with E-state index in [1.807, 2.05) is 32.0 Å². The van der Waals surface area contributed by atoms with E-state index in [1.165, 1.54) is 6.07 Å². The van der Waals surface area contributed by atoms with Crippen LogP contribution in [-0.2, 0) is 11.2 Å². The Balaban J connectivity index is 2.33. The van der Waals surface area contributed by atoms with Gasteiger partial charge in [0.05, 0.1) is 19.1 Å². The second kappa shape index (κ2) is 10.9. The number of carbonyl (C=O) groups excluding carboxylic acids is 1. The van der Waals surface area contributed by atoms with E-state index in [4.69, 9.17) is 18.0 Å². The molecule has 0 aliphatic rings. The van der Waals surface area contributed by atoms with Crippen molar-refractivity contribution in [3.05, 3.63) is 65.0 Å². The lowest BCUT2D eigenvalue weighted by Gasteiger charge is -2.26. The highest BCUT2D eigenvalue weighted by Crippen LogP contribution is 2.23. The fraction of sp³-hybridized carbons (Fsp3) is 0.364. The molecule has 156 valence electrons. The Bertz CT molecular complexity index is 860. The fourth-order valence-corrected chi connectivity index (χ4v) is 3.49. The fourth-order valence-electron chi connectivity index (χ4n) is 3.16. The second-order valence-corrected chi connectivity index (χ2v) is 7.13. The Kier molecular flexibility index (Phi) is 8.54. The highest BCUT2D eigenvalue weighted by Gasteiger charge is 2.22. The van der Waals surface area contributed by atoms with Crippen molar-refractivity contribution in [2.75, 3.05) is 25.4 Å². The normalized spacial score (nSPS) is 11.7. The average Bonchev–Trinajstić information content (AvgIpc) is 2.72. The van der Waals surface area contributed by atoms with Crippen molar-refractivity contribution in [3.8, 4) is 0 Å². The molecule has 0 radical (unpaired) electrons. The lowest BCUT2D eigenvalue weighted by molar-refractivity contribution is -0.132. The van der Waals surface area contributed by atoms with Crippen molar-refractivity contribution in [2.24, 2.45) is 0 Å². The third-order valence-electron chi connectivity index (χ3n) is 4.85. The van der Waals surface area contributed by atoms with Crippen molar-refractivity contribution in [1.82, 2.24) is 10.2 Å². The van der Waals surface area contributed by atoms with Crippen molar-refractivity contribution in [1.29, 1.82) is 0 Å². The molecular formula is C22H28FN3O2S. The SMILES string of the molecule is CCc1cc(C(CC(=O)N(CC)CCO)NC(=S)c2ccccc2N)ccc1F. The van der Waals surface area contributed by atoms with E-state index in [9.17, 15) is 14.3 Å². The first-order valence-electron chi connectivity index (χ1n) is 9.73. The van der Waals surface area contributed by atoms with Crippen LogP contribution in [0.4, 0.5) is 10.1 Å². The van der Waals surface area contributed by atoms with Gasteiger partial charge in [0.25, 0.3) is 0 Å². The lowest BCUT2D eigenvalue weighted by atomic mass is 9.98. The van der Waals surface area contributed by atoms with Gasteiger partial charge >= 0.3 is 0 Å². The molecule has 2 rings (SSSR count). The summed E-state index contributed by atoms with van der Waals surface area (Å²) in [5, 5.41) is 12.4. The zero-order chi connectivity index (χ0) is 21.4. The molecular weight excluding hydrogens is 389 g/mol. The number of benzene rings is 2. The third kappa shape index (κ3) is 5.98. The number of para-hydroxylation sites is 1. The molecule has 2 aromatic carbocycles. The van der Waals surface area contributed by atoms with Gasteiger partial charge in [-0.1, -0.05) is 43.4 Å². The number of halogens is 1. The summed E-state index contributed by atoms with van der Waals surface area (Å²) in [5.74, 6) is -0.392. The van der Waals surface area contributed by atoms with E-state index in [2.05, 4.69) is 5.32 Å². The van der Waals surface area contributed by atoms with Gasteiger partial charge in [-0.05, 0) is 42.7 Å². The predicted octanol–water partition coefficient (Wildman–Crippen LogP) is 3.21. The maximum atomic E-state index is 14.0. The van der Waals surface area contributed by atoms with Gasteiger partial charge < -0.3 is 21.1 Å². The van der Waals surface area contributed by atoms with E-state index in [1.54, 1.807) is 23.1 Å². The summed E-state index contributed by atoms with van der Waals surface area (Å²) in [4.78, 5) is 14.8. The van der Waals surface area contributed by atoms with Crippen molar-refractivity contribution >= 4 is 28.8 Å². The van der Waals surface area contributed by atoms with Crippen LogP contribution in [0.1, 0.15) is 43.0 Å². The Morgan fingerprint density at radius 1 is 1.28 bits per heavy atom. The van der Waals surface area contributed by atoms with Crippen LogP contribution >= 0.6 is 12.2 Å². The van der Waals surface area contributed by atoms with Crippen LogP contribution in [0.3, 0.4) is 0 Å². The molecule has 0 aliphatic carbocycles. The number of thiocarbonyl (C=S) groups is 1. The third-order valence-corrected chi connectivity index (χ3v) is 5.18. The minimum atomic E-state index is -0.451. The number of hydrogen-bond donors (Lipinski definition) is 3. The van der Waals surface area contributed by atoms with E-state index >= 15 is 0 Å². The van der Waals surface area contributed by atoms with Crippen LogP contribution in [-0.4, -0.2) is 40.6 Å². The quantitative estimate of drug-likeness (QED) is 0.431. The molecule has 1 atom stereocenters. The summed E-state index contributed by atoms with van der Waals surface area (Å²) in [7, 11) is 0.